The molecule has 0 spiro atoms. The van der Waals surface area contributed by atoms with Crippen LogP contribution < -0.4 is 15.4 Å². The summed E-state index contributed by atoms with van der Waals surface area (Å²) in [5.41, 5.74) is 1.18. The summed E-state index contributed by atoms with van der Waals surface area (Å²) in [6.45, 7) is 11.2. The van der Waals surface area contributed by atoms with E-state index < -0.39 is 17.9 Å². The minimum absolute atomic E-state index is 0.159. The zero-order valence-electron chi connectivity index (χ0n) is 16.7. The number of aromatic nitrogens is 2. The Morgan fingerprint density at radius 1 is 1.33 bits per heavy atom. The SMILES string of the molecule is CCNC(O)COc1ccc2nc(CNC(=O)OC(C)(C)C)n(CC)c2c1. The zero-order valence-corrected chi connectivity index (χ0v) is 16.7. The van der Waals surface area contributed by atoms with Crippen molar-refractivity contribution in [3.05, 3.63) is 24.0 Å². The molecule has 0 aliphatic heterocycles. The molecule has 0 aliphatic carbocycles. The second kappa shape index (κ2) is 9.05. The van der Waals surface area contributed by atoms with E-state index in [2.05, 4.69) is 15.6 Å². The minimum atomic E-state index is -0.713. The molecule has 0 aliphatic rings. The summed E-state index contributed by atoms with van der Waals surface area (Å²) in [7, 11) is 0. The van der Waals surface area contributed by atoms with Gasteiger partial charge in [-0.25, -0.2) is 9.78 Å². The van der Waals surface area contributed by atoms with Crippen LogP contribution >= 0.6 is 0 Å². The highest BCUT2D eigenvalue weighted by atomic mass is 16.6. The van der Waals surface area contributed by atoms with E-state index in [1.165, 1.54) is 0 Å². The quantitative estimate of drug-likeness (QED) is 0.610. The zero-order chi connectivity index (χ0) is 20.0. The maximum Gasteiger partial charge on any atom is 0.408 e. The third-order valence-electron chi connectivity index (χ3n) is 3.75. The van der Waals surface area contributed by atoms with Gasteiger partial charge >= 0.3 is 6.09 Å². The van der Waals surface area contributed by atoms with Crippen molar-refractivity contribution in [2.75, 3.05) is 13.2 Å². The van der Waals surface area contributed by atoms with Gasteiger partial charge in [0.1, 0.15) is 30.0 Å². The van der Waals surface area contributed by atoms with Crippen molar-refractivity contribution >= 4 is 17.1 Å². The van der Waals surface area contributed by atoms with Gasteiger partial charge < -0.3 is 24.5 Å². The van der Waals surface area contributed by atoms with Crippen LogP contribution in [0.15, 0.2) is 18.2 Å². The van der Waals surface area contributed by atoms with Gasteiger partial charge in [-0.15, -0.1) is 0 Å². The van der Waals surface area contributed by atoms with E-state index in [1.807, 2.05) is 57.4 Å². The summed E-state index contributed by atoms with van der Waals surface area (Å²) in [6.07, 6.45) is -1.19. The molecule has 150 valence electrons. The van der Waals surface area contributed by atoms with Crippen LogP contribution in [0.1, 0.15) is 40.4 Å². The molecular formula is C19H30N4O4. The van der Waals surface area contributed by atoms with E-state index in [-0.39, 0.29) is 13.2 Å². The van der Waals surface area contributed by atoms with Crippen molar-refractivity contribution in [2.45, 2.75) is 59.5 Å². The number of hydrogen-bond donors (Lipinski definition) is 3. The van der Waals surface area contributed by atoms with Crippen molar-refractivity contribution in [2.24, 2.45) is 0 Å². The second-order valence-electron chi connectivity index (χ2n) is 7.16. The Morgan fingerprint density at radius 2 is 2.07 bits per heavy atom. The average Bonchev–Trinajstić information content (AvgIpc) is 2.93. The van der Waals surface area contributed by atoms with Gasteiger partial charge in [-0.1, -0.05) is 6.92 Å². The molecule has 2 rings (SSSR count). The first-order valence-corrected chi connectivity index (χ1v) is 9.23. The Morgan fingerprint density at radius 3 is 2.70 bits per heavy atom. The Labute approximate surface area is 159 Å². The maximum absolute atomic E-state index is 11.9. The van der Waals surface area contributed by atoms with E-state index in [9.17, 15) is 9.90 Å². The summed E-state index contributed by atoms with van der Waals surface area (Å²) in [6, 6.07) is 5.58. The lowest BCUT2D eigenvalue weighted by Crippen LogP contribution is -2.34. The standard InChI is InChI=1S/C19H30N4O4/c1-6-20-17(24)12-26-13-8-9-14-15(10-13)23(7-2)16(22-14)11-21-18(25)27-19(3,4)5/h8-10,17,20,24H,6-7,11-12H2,1-5H3,(H,21,25). The lowest BCUT2D eigenvalue weighted by molar-refractivity contribution is 0.0521. The highest BCUT2D eigenvalue weighted by Gasteiger charge is 2.17. The number of aryl methyl sites for hydroxylation is 1. The van der Waals surface area contributed by atoms with E-state index in [4.69, 9.17) is 9.47 Å². The van der Waals surface area contributed by atoms with E-state index in [0.717, 1.165) is 16.9 Å². The molecule has 1 amide bonds. The fourth-order valence-corrected chi connectivity index (χ4v) is 2.67. The first kappa shape index (κ1) is 21.0. The fourth-order valence-electron chi connectivity index (χ4n) is 2.67. The molecule has 1 aromatic heterocycles. The summed E-state index contributed by atoms with van der Waals surface area (Å²) in [5, 5.41) is 15.4. The van der Waals surface area contributed by atoms with Gasteiger partial charge in [-0.05, 0) is 46.4 Å². The normalized spacial score (nSPS) is 12.8. The number of ether oxygens (including phenoxy) is 2. The highest BCUT2D eigenvalue weighted by molar-refractivity contribution is 5.78. The number of imidazole rings is 1. The van der Waals surface area contributed by atoms with Gasteiger partial charge in [-0.3, -0.25) is 5.32 Å². The van der Waals surface area contributed by atoms with Crippen LogP contribution in [0.2, 0.25) is 0 Å². The number of fused-ring (bicyclic) bond motifs is 1. The number of rotatable bonds is 8. The number of carbonyl (C=O) groups excluding carboxylic acids is 1. The van der Waals surface area contributed by atoms with Crippen LogP contribution in [0, 0.1) is 0 Å². The second-order valence-corrected chi connectivity index (χ2v) is 7.16. The predicted molar refractivity (Wildman–Crippen MR) is 104 cm³/mol. The number of amides is 1. The summed E-state index contributed by atoms with van der Waals surface area (Å²) in [4.78, 5) is 16.5. The van der Waals surface area contributed by atoms with Crippen molar-refractivity contribution in [3.63, 3.8) is 0 Å². The van der Waals surface area contributed by atoms with E-state index >= 15 is 0 Å². The third-order valence-corrected chi connectivity index (χ3v) is 3.75. The van der Waals surface area contributed by atoms with Crippen LogP contribution in [-0.4, -0.2) is 45.7 Å². The van der Waals surface area contributed by atoms with Crippen LogP contribution in [0.4, 0.5) is 4.79 Å². The molecule has 8 nitrogen and oxygen atoms in total. The molecule has 0 saturated heterocycles. The molecule has 1 atom stereocenters. The number of hydrogen-bond acceptors (Lipinski definition) is 6. The Hall–Kier alpha value is -2.32. The van der Waals surface area contributed by atoms with Crippen molar-refractivity contribution in [3.8, 4) is 5.75 Å². The van der Waals surface area contributed by atoms with Gasteiger partial charge in [0.25, 0.3) is 0 Å². The summed E-state index contributed by atoms with van der Waals surface area (Å²) in [5.74, 6) is 1.39. The minimum Gasteiger partial charge on any atom is -0.489 e. The van der Waals surface area contributed by atoms with Crippen LogP contribution in [0.25, 0.3) is 11.0 Å². The van der Waals surface area contributed by atoms with Crippen LogP contribution in [0.5, 0.6) is 5.75 Å². The largest absolute Gasteiger partial charge is 0.489 e. The molecule has 0 radical (unpaired) electrons. The number of benzene rings is 1. The van der Waals surface area contributed by atoms with Crippen LogP contribution in [-0.2, 0) is 17.8 Å². The number of carbonyl (C=O) groups is 1. The molecular weight excluding hydrogens is 348 g/mol. The smallest absolute Gasteiger partial charge is 0.408 e. The first-order chi connectivity index (χ1) is 12.7. The fraction of sp³-hybridized carbons (Fsp3) is 0.579. The molecule has 3 N–H and O–H groups in total. The number of nitrogens with one attached hydrogen (secondary N) is 2. The number of likely N-dealkylation sites (N-methyl/N-ethyl adjacent to an activating group) is 1. The number of alkyl carbamates (subject to hydrolysis) is 1. The van der Waals surface area contributed by atoms with Crippen LogP contribution in [0.3, 0.4) is 0 Å². The first-order valence-electron chi connectivity index (χ1n) is 9.23. The third kappa shape index (κ3) is 6.11. The molecule has 2 aromatic rings. The molecule has 0 fully saturated rings. The Bertz CT molecular complexity index is 767. The molecule has 8 heteroatoms. The van der Waals surface area contributed by atoms with E-state index in [1.54, 1.807) is 0 Å². The highest BCUT2D eigenvalue weighted by Crippen LogP contribution is 2.22. The molecule has 1 unspecified atom stereocenters. The number of aliphatic hydroxyl groups is 1. The van der Waals surface area contributed by atoms with Gasteiger partial charge in [0.15, 0.2) is 0 Å². The summed E-state index contributed by atoms with van der Waals surface area (Å²) < 4.78 is 12.9. The Kier molecular flexibility index (Phi) is 7.04. The number of aliphatic hydroxyl groups excluding tert-OH is 1. The monoisotopic (exact) mass is 378 g/mol. The molecule has 27 heavy (non-hydrogen) atoms. The molecule has 0 saturated carbocycles. The molecule has 1 heterocycles. The van der Waals surface area contributed by atoms with Gasteiger partial charge in [0, 0.05) is 12.6 Å². The Balaban J connectivity index is 2.11. The average molecular weight is 378 g/mol. The maximum atomic E-state index is 11.9. The van der Waals surface area contributed by atoms with Crippen molar-refractivity contribution < 1.29 is 19.4 Å². The van der Waals surface area contributed by atoms with Gasteiger partial charge in [0.2, 0.25) is 0 Å². The van der Waals surface area contributed by atoms with Crippen molar-refractivity contribution in [1.82, 2.24) is 20.2 Å². The molecule has 0 bridgehead atoms. The summed E-state index contributed by atoms with van der Waals surface area (Å²) >= 11 is 0. The van der Waals surface area contributed by atoms with Crippen molar-refractivity contribution in [1.29, 1.82) is 0 Å². The molecule has 1 aromatic carbocycles. The van der Waals surface area contributed by atoms with Gasteiger partial charge in [0.05, 0.1) is 17.6 Å². The lowest BCUT2D eigenvalue weighted by Gasteiger charge is -2.19. The van der Waals surface area contributed by atoms with E-state index in [0.29, 0.717) is 18.8 Å². The topological polar surface area (TPSA) is 97.6 Å². The predicted octanol–water partition coefficient (Wildman–Crippen LogP) is 2.39. The van der Waals surface area contributed by atoms with Gasteiger partial charge in [-0.2, -0.15) is 0 Å². The number of nitrogens with zero attached hydrogens (tertiary/aromatic N) is 2. The lowest BCUT2D eigenvalue weighted by atomic mass is 10.2.